The molecule has 80 valence electrons. The number of thioether (sulfide) groups is 2. The third-order valence-corrected chi connectivity index (χ3v) is 6.83. The fourth-order valence-corrected chi connectivity index (χ4v) is 6.12. The van der Waals surface area contributed by atoms with Crippen LogP contribution in [0.5, 0.6) is 0 Å². The summed E-state index contributed by atoms with van der Waals surface area (Å²) in [5, 5.41) is 0. The Hall–Kier alpha value is 0.440. The van der Waals surface area contributed by atoms with E-state index in [0.717, 1.165) is 5.92 Å². The molecule has 0 aromatic rings. The third kappa shape index (κ3) is 1.05. The lowest BCUT2D eigenvalue weighted by Crippen LogP contribution is -2.29. The smallest absolute Gasteiger partial charge is 0.00497 e. The van der Waals surface area contributed by atoms with Crippen molar-refractivity contribution in [3.63, 3.8) is 0 Å². The predicted molar refractivity (Wildman–Crippen MR) is 68.7 cm³/mol. The lowest BCUT2D eigenvalue weighted by atomic mass is 9.70. The van der Waals surface area contributed by atoms with Crippen molar-refractivity contribution >= 4 is 23.5 Å². The van der Waals surface area contributed by atoms with Gasteiger partial charge in [0.25, 0.3) is 0 Å². The van der Waals surface area contributed by atoms with Crippen molar-refractivity contribution in [1.29, 1.82) is 0 Å². The van der Waals surface area contributed by atoms with Crippen LogP contribution in [0.3, 0.4) is 0 Å². The van der Waals surface area contributed by atoms with Crippen LogP contribution in [0.15, 0.2) is 9.81 Å². The van der Waals surface area contributed by atoms with E-state index in [4.69, 9.17) is 0 Å². The van der Waals surface area contributed by atoms with E-state index in [9.17, 15) is 0 Å². The zero-order chi connectivity index (χ0) is 10.6. The number of rotatable bonds is 2. The van der Waals surface area contributed by atoms with E-state index in [1.54, 1.807) is 9.81 Å². The first-order chi connectivity index (χ1) is 6.49. The number of allylic oxidation sites excluding steroid dienone is 2. The van der Waals surface area contributed by atoms with Crippen molar-refractivity contribution in [1.82, 2.24) is 0 Å². The minimum atomic E-state index is 0.468. The summed E-state index contributed by atoms with van der Waals surface area (Å²) in [6.45, 7) is 7.40. The lowest BCUT2D eigenvalue weighted by molar-refractivity contribution is 0.178. The van der Waals surface area contributed by atoms with E-state index < -0.39 is 0 Å². The number of fused-ring (bicyclic) bond motifs is 2. The van der Waals surface area contributed by atoms with Gasteiger partial charge in [0.05, 0.1) is 0 Å². The molecule has 0 spiro atoms. The van der Waals surface area contributed by atoms with Gasteiger partial charge in [0.15, 0.2) is 0 Å². The molecule has 0 nitrogen and oxygen atoms in total. The van der Waals surface area contributed by atoms with Crippen LogP contribution < -0.4 is 0 Å². The van der Waals surface area contributed by atoms with Gasteiger partial charge in [0, 0.05) is 10.3 Å². The third-order valence-electron chi connectivity index (χ3n) is 4.69. The molecule has 0 saturated heterocycles. The second-order valence-corrected chi connectivity index (χ2v) is 6.91. The first kappa shape index (κ1) is 10.9. The van der Waals surface area contributed by atoms with Gasteiger partial charge in [0.1, 0.15) is 0 Å². The van der Waals surface area contributed by atoms with Crippen LogP contribution in [0, 0.1) is 16.7 Å². The highest BCUT2D eigenvalue weighted by molar-refractivity contribution is 8.06. The monoisotopic (exact) mass is 228 g/mol. The summed E-state index contributed by atoms with van der Waals surface area (Å²) in [5.74, 6) is 0.838. The zero-order valence-corrected chi connectivity index (χ0v) is 11.4. The topological polar surface area (TPSA) is 0 Å². The molecule has 0 radical (unpaired) electrons. The molecule has 2 bridgehead atoms. The van der Waals surface area contributed by atoms with Gasteiger partial charge in [-0.25, -0.2) is 0 Å². The van der Waals surface area contributed by atoms with Gasteiger partial charge < -0.3 is 0 Å². The van der Waals surface area contributed by atoms with Gasteiger partial charge in [-0.05, 0) is 41.6 Å². The second-order valence-electron chi connectivity index (χ2n) is 5.25. The normalized spacial score (nSPS) is 39.6. The molecule has 0 N–H and O–H groups in total. The van der Waals surface area contributed by atoms with Gasteiger partial charge in [-0.2, -0.15) is 0 Å². The minimum absolute atomic E-state index is 0.468. The fourth-order valence-electron chi connectivity index (χ4n) is 3.36. The highest BCUT2D eigenvalue weighted by Gasteiger charge is 2.60. The van der Waals surface area contributed by atoms with Gasteiger partial charge in [-0.1, -0.05) is 20.8 Å². The molecule has 2 rings (SSSR count). The Morgan fingerprint density at radius 2 is 1.79 bits per heavy atom. The van der Waals surface area contributed by atoms with Crippen LogP contribution in [0.1, 0.15) is 33.6 Å². The molecule has 0 aromatic carbocycles. The second kappa shape index (κ2) is 3.21. The van der Waals surface area contributed by atoms with Crippen LogP contribution in [-0.2, 0) is 0 Å². The summed E-state index contributed by atoms with van der Waals surface area (Å²) in [7, 11) is 0. The maximum Gasteiger partial charge on any atom is 0.00497 e. The molecule has 0 aliphatic heterocycles. The molecule has 0 heterocycles. The molecule has 2 atom stereocenters. The highest BCUT2D eigenvalue weighted by Crippen LogP contribution is 2.71. The van der Waals surface area contributed by atoms with Gasteiger partial charge in [0.2, 0.25) is 0 Å². The standard InChI is InChI=1S/C12H20S2/c1-11(2)8-6-7-12(11,3)10(14-5)9(8)13-4/h8H,6-7H2,1-5H3/t8-,12+/m1/s1. The Bertz CT molecular complexity index is 291. The van der Waals surface area contributed by atoms with Gasteiger partial charge >= 0.3 is 0 Å². The Morgan fingerprint density at radius 1 is 1.14 bits per heavy atom. The largest absolute Gasteiger partial charge is 0.133 e. The van der Waals surface area contributed by atoms with Crippen molar-refractivity contribution in [2.75, 3.05) is 12.5 Å². The Labute approximate surface area is 96.3 Å². The SMILES string of the molecule is CSC1=C(SC)[C@]2(C)CC[C@H]1C2(C)C. The molecule has 0 aromatic heterocycles. The first-order valence-electron chi connectivity index (χ1n) is 5.31. The zero-order valence-electron chi connectivity index (χ0n) is 9.81. The van der Waals surface area contributed by atoms with Gasteiger partial charge in [-0.3, -0.25) is 0 Å². The van der Waals surface area contributed by atoms with Crippen LogP contribution in [0.4, 0.5) is 0 Å². The number of hydrogen-bond acceptors (Lipinski definition) is 2. The molecule has 1 saturated carbocycles. The summed E-state index contributed by atoms with van der Waals surface area (Å²) in [6.07, 6.45) is 7.29. The summed E-state index contributed by atoms with van der Waals surface area (Å²) in [6, 6.07) is 0. The lowest BCUT2D eigenvalue weighted by Gasteiger charge is -2.36. The van der Waals surface area contributed by atoms with Crippen molar-refractivity contribution < 1.29 is 0 Å². The van der Waals surface area contributed by atoms with E-state index in [0.29, 0.717) is 10.8 Å². The summed E-state index contributed by atoms with van der Waals surface area (Å²) in [4.78, 5) is 3.38. The summed E-state index contributed by atoms with van der Waals surface area (Å²) in [5.41, 5.74) is 0.957. The molecule has 2 aliphatic rings. The van der Waals surface area contributed by atoms with Crippen LogP contribution in [-0.4, -0.2) is 12.5 Å². The van der Waals surface area contributed by atoms with E-state index in [2.05, 4.69) is 33.3 Å². The first-order valence-corrected chi connectivity index (χ1v) is 7.76. The maximum atomic E-state index is 2.47. The summed E-state index contributed by atoms with van der Waals surface area (Å²) >= 11 is 3.98. The molecular formula is C12H20S2. The Morgan fingerprint density at radius 3 is 2.21 bits per heavy atom. The van der Waals surface area contributed by atoms with E-state index in [1.165, 1.54) is 12.8 Å². The van der Waals surface area contributed by atoms with E-state index in [-0.39, 0.29) is 0 Å². The van der Waals surface area contributed by atoms with Crippen LogP contribution >= 0.6 is 23.5 Å². The average Bonchev–Trinajstić information content (AvgIpc) is 2.46. The molecule has 2 aliphatic carbocycles. The molecule has 0 amide bonds. The van der Waals surface area contributed by atoms with Crippen molar-refractivity contribution in [2.24, 2.45) is 16.7 Å². The van der Waals surface area contributed by atoms with Crippen molar-refractivity contribution in [3.05, 3.63) is 9.81 Å². The minimum Gasteiger partial charge on any atom is -0.133 e. The molecule has 0 unspecified atom stereocenters. The quantitative estimate of drug-likeness (QED) is 0.688. The molecule has 14 heavy (non-hydrogen) atoms. The van der Waals surface area contributed by atoms with Gasteiger partial charge in [-0.15, -0.1) is 23.5 Å². The van der Waals surface area contributed by atoms with Crippen LogP contribution in [0.2, 0.25) is 0 Å². The predicted octanol–water partition coefficient (Wildman–Crippen LogP) is 4.38. The van der Waals surface area contributed by atoms with E-state index >= 15 is 0 Å². The highest BCUT2D eigenvalue weighted by atomic mass is 32.2. The average molecular weight is 228 g/mol. The molecule has 2 heteroatoms. The number of hydrogen-bond donors (Lipinski definition) is 0. The molecule has 1 fully saturated rings. The molecular weight excluding hydrogens is 208 g/mol. The Kier molecular flexibility index (Phi) is 2.51. The van der Waals surface area contributed by atoms with Crippen molar-refractivity contribution in [3.8, 4) is 0 Å². The van der Waals surface area contributed by atoms with Crippen molar-refractivity contribution in [2.45, 2.75) is 33.6 Å². The fraction of sp³-hybridized carbons (Fsp3) is 0.833. The van der Waals surface area contributed by atoms with E-state index in [1.807, 2.05) is 23.5 Å². The Balaban J connectivity index is 2.52. The maximum absolute atomic E-state index is 2.47. The van der Waals surface area contributed by atoms with Crippen LogP contribution in [0.25, 0.3) is 0 Å². The summed E-state index contributed by atoms with van der Waals surface area (Å²) < 4.78 is 0.